The number of aliphatic hydroxyl groups is 1. The summed E-state index contributed by atoms with van der Waals surface area (Å²) in [4.78, 5) is 72.5. The van der Waals surface area contributed by atoms with E-state index in [-0.39, 0.29) is 25.7 Å². The maximum absolute atomic E-state index is 13.0. The second kappa shape index (κ2) is 60.0. The normalized spacial score (nSPS) is 14.5. The molecule has 0 saturated heterocycles. The van der Waals surface area contributed by atoms with Crippen LogP contribution in [0.15, 0.2) is 0 Å². The van der Waals surface area contributed by atoms with Gasteiger partial charge < -0.3 is 33.8 Å². The fourth-order valence-corrected chi connectivity index (χ4v) is 11.9. The fourth-order valence-electron chi connectivity index (χ4n) is 10.3. The molecule has 0 heterocycles. The van der Waals surface area contributed by atoms with Gasteiger partial charge in [0.05, 0.1) is 26.4 Å². The Morgan fingerprint density at radius 1 is 0.330 bits per heavy atom. The molecule has 0 fully saturated rings. The third-order valence-corrected chi connectivity index (χ3v) is 18.1. The molecular formula is C69H134O17P2. The van der Waals surface area contributed by atoms with Crippen LogP contribution in [0.3, 0.4) is 0 Å². The van der Waals surface area contributed by atoms with Gasteiger partial charge in [0.2, 0.25) is 0 Å². The zero-order valence-electron chi connectivity index (χ0n) is 57.2. The van der Waals surface area contributed by atoms with Crippen LogP contribution >= 0.6 is 15.6 Å². The number of ether oxygens (including phenoxy) is 4. The summed E-state index contributed by atoms with van der Waals surface area (Å²) in [6.45, 7) is 11.8. The van der Waals surface area contributed by atoms with Crippen LogP contribution in [-0.4, -0.2) is 96.7 Å². The van der Waals surface area contributed by atoms with Crippen molar-refractivity contribution in [2.45, 2.75) is 362 Å². The summed E-state index contributed by atoms with van der Waals surface area (Å²) in [6, 6.07) is 0. The number of phosphoric ester groups is 2. The average molecular weight is 1300 g/mol. The summed E-state index contributed by atoms with van der Waals surface area (Å²) < 4.78 is 68.2. The number of hydrogen-bond acceptors (Lipinski definition) is 15. The molecule has 6 atom stereocenters. The molecule has 0 radical (unpaired) electrons. The van der Waals surface area contributed by atoms with Gasteiger partial charge in [0.25, 0.3) is 0 Å². The van der Waals surface area contributed by atoms with Gasteiger partial charge in [-0.1, -0.05) is 292 Å². The Hall–Kier alpha value is -1.94. The molecule has 0 aromatic rings. The van der Waals surface area contributed by atoms with Crippen LogP contribution in [0.5, 0.6) is 0 Å². The molecule has 0 saturated carbocycles. The highest BCUT2D eigenvalue weighted by Gasteiger charge is 2.30. The van der Waals surface area contributed by atoms with E-state index in [9.17, 15) is 43.2 Å². The van der Waals surface area contributed by atoms with E-state index in [0.29, 0.717) is 31.6 Å². The van der Waals surface area contributed by atoms with Gasteiger partial charge in [-0.25, -0.2) is 9.13 Å². The van der Waals surface area contributed by atoms with Crippen LogP contribution in [0.4, 0.5) is 0 Å². The summed E-state index contributed by atoms with van der Waals surface area (Å²) in [5.74, 6) is 0.132. The maximum atomic E-state index is 13.0. The molecule has 0 spiro atoms. The van der Waals surface area contributed by atoms with Crippen molar-refractivity contribution in [3.63, 3.8) is 0 Å². The number of unbranched alkanes of at least 4 members (excludes halogenated alkanes) is 34. The SMILES string of the molecule is CCCCCCCCCCCCCC(=O)O[C@H](COC(=O)CCCCCCCCCC(C)C)COP(=O)(O)OC[C@H](O)COP(=O)(O)OC[C@@H](COC(=O)CCCCCCCCCCC(C)CC)OC(=O)CCCCCCCCCCCCCCC(C)C. The van der Waals surface area contributed by atoms with Crippen molar-refractivity contribution >= 4 is 39.5 Å². The van der Waals surface area contributed by atoms with Crippen molar-refractivity contribution in [2.24, 2.45) is 17.8 Å². The molecule has 0 aliphatic carbocycles. The molecule has 0 bridgehead atoms. The number of carbonyl (C=O) groups is 4. The Morgan fingerprint density at radius 2 is 0.580 bits per heavy atom. The Bertz CT molecular complexity index is 1730. The molecule has 522 valence electrons. The minimum atomic E-state index is -4.95. The van der Waals surface area contributed by atoms with E-state index in [1.165, 1.54) is 148 Å². The van der Waals surface area contributed by atoms with Gasteiger partial charge >= 0.3 is 39.5 Å². The summed E-state index contributed by atoms with van der Waals surface area (Å²) in [6.07, 6.45) is 43.0. The smallest absolute Gasteiger partial charge is 0.462 e. The third kappa shape index (κ3) is 61.6. The summed E-state index contributed by atoms with van der Waals surface area (Å²) in [7, 11) is -9.90. The van der Waals surface area contributed by atoms with Crippen molar-refractivity contribution in [1.82, 2.24) is 0 Å². The van der Waals surface area contributed by atoms with Crippen LogP contribution in [0.2, 0.25) is 0 Å². The van der Waals surface area contributed by atoms with Gasteiger partial charge in [0.1, 0.15) is 19.3 Å². The maximum Gasteiger partial charge on any atom is 0.472 e. The number of phosphoric acid groups is 2. The molecule has 88 heavy (non-hydrogen) atoms. The number of rotatable bonds is 67. The van der Waals surface area contributed by atoms with E-state index in [0.717, 1.165) is 108 Å². The lowest BCUT2D eigenvalue weighted by molar-refractivity contribution is -0.161. The van der Waals surface area contributed by atoms with Gasteiger partial charge in [-0.2, -0.15) is 0 Å². The third-order valence-electron chi connectivity index (χ3n) is 16.2. The minimum Gasteiger partial charge on any atom is -0.462 e. The molecule has 19 heteroatoms. The summed E-state index contributed by atoms with van der Waals surface area (Å²) in [5, 5.41) is 10.6. The topological polar surface area (TPSA) is 237 Å². The van der Waals surface area contributed by atoms with Crippen molar-refractivity contribution in [3.8, 4) is 0 Å². The van der Waals surface area contributed by atoms with E-state index in [1.807, 2.05) is 0 Å². The van der Waals surface area contributed by atoms with Crippen molar-refractivity contribution in [2.75, 3.05) is 39.6 Å². The number of aliphatic hydroxyl groups excluding tert-OH is 1. The second-order valence-corrected chi connectivity index (χ2v) is 29.0. The summed E-state index contributed by atoms with van der Waals surface area (Å²) in [5.41, 5.74) is 0. The highest BCUT2D eigenvalue weighted by atomic mass is 31.2. The highest BCUT2D eigenvalue weighted by molar-refractivity contribution is 7.47. The number of carbonyl (C=O) groups excluding carboxylic acids is 4. The molecule has 0 aromatic heterocycles. The molecule has 0 rings (SSSR count). The molecular weight excluding hydrogens is 1160 g/mol. The second-order valence-electron chi connectivity index (χ2n) is 26.1. The van der Waals surface area contributed by atoms with Crippen molar-refractivity contribution < 1.29 is 80.2 Å². The largest absolute Gasteiger partial charge is 0.472 e. The van der Waals surface area contributed by atoms with E-state index < -0.39 is 97.5 Å². The Labute approximate surface area is 537 Å². The van der Waals surface area contributed by atoms with Crippen LogP contribution in [0.25, 0.3) is 0 Å². The lowest BCUT2D eigenvalue weighted by Gasteiger charge is -2.21. The Morgan fingerprint density at radius 3 is 0.864 bits per heavy atom. The lowest BCUT2D eigenvalue weighted by Crippen LogP contribution is -2.30. The molecule has 17 nitrogen and oxygen atoms in total. The zero-order valence-corrected chi connectivity index (χ0v) is 59.0. The molecule has 0 aliphatic rings. The monoisotopic (exact) mass is 1300 g/mol. The standard InChI is InChI=1S/C69H134O17P2/c1-8-10-11-12-13-14-17-21-30-38-45-52-68(73)86-65(57-80-67(72)51-44-37-32-25-27-34-41-48-61(5)6)59-84-88(77,78)82-55-63(70)54-81-87(75,76)83-58-64(56-79-66(71)50-43-36-29-24-23-28-35-42-49-62(7)9-2)85-69(74)53-46-39-31-22-19-16-15-18-20-26-33-40-47-60(3)4/h60-65,70H,8-59H2,1-7H3,(H,75,76)(H,77,78)/t62?,63-,64-,65-/m1/s1. The van der Waals surface area contributed by atoms with E-state index in [1.54, 1.807) is 0 Å². The zero-order chi connectivity index (χ0) is 65.2. The number of hydrogen-bond donors (Lipinski definition) is 3. The van der Waals surface area contributed by atoms with Gasteiger partial charge in [-0.05, 0) is 43.4 Å². The van der Waals surface area contributed by atoms with E-state index in [2.05, 4.69) is 48.5 Å². The average Bonchev–Trinajstić information content (AvgIpc) is 3.50. The van der Waals surface area contributed by atoms with Crippen LogP contribution in [-0.2, 0) is 65.4 Å². The number of esters is 4. The Kier molecular flexibility index (Phi) is 58.7. The van der Waals surface area contributed by atoms with Gasteiger partial charge in [-0.3, -0.25) is 37.3 Å². The van der Waals surface area contributed by atoms with Crippen LogP contribution < -0.4 is 0 Å². The quantitative estimate of drug-likeness (QED) is 0.0222. The van der Waals surface area contributed by atoms with Gasteiger partial charge in [-0.15, -0.1) is 0 Å². The molecule has 3 unspecified atom stereocenters. The highest BCUT2D eigenvalue weighted by Crippen LogP contribution is 2.45. The predicted octanol–water partition coefficient (Wildman–Crippen LogP) is 19.5. The van der Waals surface area contributed by atoms with Crippen molar-refractivity contribution in [1.29, 1.82) is 0 Å². The van der Waals surface area contributed by atoms with E-state index in [4.69, 9.17) is 37.0 Å². The first kappa shape index (κ1) is 86.1. The van der Waals surface area contributed by atoms with Gasteiger partial charge in [0, 0.05) is 25.7 Å². The van der Waals surface area contributed by atoms with E-state index >= 15 is 0 Å². The lowest BCUT2D eigenvalue weighted by atomic mass is 9.99. The fraction of sp³-hybridized carbons (Fsp3) is 0.942. The molecule has 0 amide bonds. The minimum absolute atomic E-state index is 0.106. The first-order valence-electron chi connectivity index (χ1n) is 35.9. The summed E-state index contributed by atoms with van der Waals surface area (Å²) >= 11 is 0. The molecule has 0 aromatic carbocycles. The van der Waals surface area contributed by atoms with Crippen LogP contribution in [0, 0.1) is 17.8 Å². The predicted molar refractivity (Wildman–Crippen MR) is 354 cm³/mol. The van der Waals surface area contributed by atoms with Crippen molar-refractivity contribution in [3.05, 3.63) is 0 Å². The van der Waals surface area contributed by atoms with Gasteiger partial charge in [0.15, 0.2) is 12.2 Å². The molecule has 3 N–H and O–H groups in total. The first-order chi connectivity index (χ1) is 42.3. The molecule has 0 aliphatic heterocycles. The first-order valence-corrected chi connectivity index (χ1v) is 38.9. The van der Waals surface area contributed by atoms with Crippen LogP contribution in [0.1, 0.15) is 344 Å². The Balaban J connectivity index is 5.26.